The summed E-state index contributed by atoms with van der Waals surface area (Å²) in [6.07, 6.45) is 0.0364. The van der Waals surface area contributed by atoms with E-state index in [0.29, 0.717) is 0 Å². The smallest absolute Gasteiger partial charge is 0.397 e. The summed E-state index contributed by atoms with van der Waals surface area (Å²) in [5.74, 6) is 4.65. The van der Waals surface area contributed by atoms with Crippen molar-refractivity contribution in [3.05, 3.63) is 0 Å². The minimum absolute atomic E-state index is 0.0364. The molecule has 0 aromatic carbocycles. The fraction of sp³-hybridized carbons (Fsp3) is 0.600. The molecule has 0 amide bonds. The summed E-state index contributed by atoms with van der Waals surface area (Å²) in [4.78, 5) is 0. The Morgan fingerprint density at radius 2 is 2.07 bits per heavy atom. The first-order valence-corrected chi connectivity index (χ1v) is 5.58. The molecule has 0 aliphatic heterocycles. The summed E-state index contributed by atoms with van der Waals surface area (Å²) in [5.41, 5.74) is 0. The van der Waals surface area contributed by atoms with Crippen LogP contribution in [0.2, 0.25) is 0 Å². The molecular weight excluding hydrogens is 236 g/mol. The number of rotatable bonds is 5. The molecule has 0 spiro atoms. The lowest BCUT2D eigenvalue weighted by Gasteiger charge is -1.99. The SMILES string of the molecule is O=S([O-])OCC#CCCOS(=O)(=O)O. The van der Waals surface area contributed by atoms with Crippen molar-refractivity contribution < 1.29 is 30.1 Å². The molecule has 0 aliphatic rings. The van der Waals surface area contributed by atoms with Gasteiger partial charge in [0.05, 0.1) is 18.0 Å². The van der Waals surface area contributed by atoms with Crippen LogP contribution in [0.15, 0.2) is 0 Å². The summed E-state index contributed by atoms with van der Waals surface area (Å²) >= 11 is -2.61. The topological polar surface area (TPSA) is 113 Å². The van der Waals surface area contributed by atoms with Crippen LogP contribution in [0.25, 0.3) is 0 Å². The van der Waals surface area contributed by atoms with E-state index in [1.807, 2.05) is 0 Å². The highest BCUT2D eigenvalue weighted by molar-refractivity contribution is 7.80. The Bertz CT molecular complexity index is 335. The van der Waals surface area contributed by atoms with Crippen LogP contribution in [0, 0.1) is 11.8 Å². The van der Waals surface area contributed by atoms with Crippen LogP contribution in [0.5, 0.6) is 0 Å². The summed E-state index contributed by atoms with van der Waals surface area (Å²) < 4.78 is 55.6. The van der Waals surface area contributed by atoms with Gasteiger partial charge in [0.2, 0.25) is 0 Å². The van der Waals surface area contributed by atoms with Crippen molar-refractivity contribution in [1.82, 2.24) is 0 Å². The van der Waals surface area contributed by atoms with Crippen molar-refractivity contribution in [2.45, 2.75) is 6.42 Å². The monoisotopic (exact) mass is 243 g/mol. The third kappa shape index (κ3) is 11.5. The van der Waals surface area contributed by atoms with Gasteiger partial charge in [-0.3, -0.25) is 8.74 Å². The summed E-state index contributed by atoms with van der Waals surface area (Å²) in [5, 5.41) is 0. The van der Waals surface area contributed by atoms with Gasteiger partial charge in [0, 0.05) is 6.42 Å². The van der Waals surface area contributed by atoms with Gasteiger partial charge in [0.1, 0.15) is 6.61 Å². The van der Waals surface area contributed by atoms with Gasteiger partial charge in [-0.25, -0.2) is 8.39 Å². The summed E-state index contributed by atoms with van der Waals surface area (Å²) in [7, 11) is -4.43. The summed E-state index contributed by atoms with van der Waals surface area (Å²) in [6.45, 7) is -0.603. The van der Waals surface area contributed by atoms with Gasteiger partial charge in [-0.2, -0.15) is 8.42 Å². The van der Waals surface area contributed by atoms with Crippen LogP contribution in [-0.4, -0.2) is 34.9 Å². The third-order valence-corrected chi connectivity index (χ3v) is 1.59. The Hall–Kier alpha value is -0.500. The third-order valence-electron chi connectivity index (χ3n) is 0.812. The Kier molecular flexibility index (Phi) is 6.64. The second-order valence-electron chi connectivity index (χ2n) is 1.82. The highest BCUT2D eigenvalue weighted by Gasteiger charge is 2.01. The molecule has 82 valence electrons. The van der Waals surface area contributed by atoms with E-state index < -0.39 is 21.8 Å². The fourth-order valence-electron chi connectivity index (χ4n) is 0.415. The van der Waals surface area contributed by atoms with Crippen molar-refractivity contribution in [2.24, 2.45) is 0 Å². The molecule has 0 aromatic rings. The molecule has 0 bridgehead atoms. The van der Waals surface area contributed by atoms with Gasteiger partial charge in [0.15, 0.2) is 0 Å². The van der Waals surface area contributed by atoms with Gasteiger partial charge in [-0.05, 0) is 0 Å². The fourth-order valence-corrected chi connectivity index (χ4v) is 0.864. The molecule has 0 fully saturated rings. The largest absolute Gasteiger partial charge is 0.750 e. The summed E-state index contributed by atoms with van der Waals surface area (Å²) in [6, 6.07) is 0. The maximum Gasteiger partial charge on any atom is 0.397 e. The zero-order valence-electron chi connectivity index (χ0n) is 6.83. The molecule has 0 saturated carbocycles. The van der Waals surface area contributed by atoms with Crippen LogP contribution in [0.4, 0.5) is 0 Å². The molecule has 14 heavy (non-hydrogen) atoms. The van der Waals surface area contributed by atoms with Crippen molar-refractivity contribution in [2.75, 3.05) is 13.2 Å². The van der Waals surface area contributed by atoms with E-state index in [2.05, 4.69) is 20.2 Å². The van der Waals surface area contributed by atoms with Crippen LogP contribution < -0.4 is 0 Å². The van der Waals surface area contributed by atoms with E-state index in [4.69, 9.17) is 4.55 Å². The highest BCUT2D eigenvalue weighted by Crippen LogP contribution is 1.87. The molecule has 1 atom stereocenters. The van der Waals surface area contributed by atoms with Gasteiger partial charge in [-0.15, -0.1) is 0 Å². The van der Waals surface area contributed by atoms with E-state index >= 15 is 0 Å². The first-order valence-electron chi connectivity index (χ1n) is 3.22. The maximum absolute atomic E-state index is 9.99. The molecule has 0 aromatic heterocycles. The highest BCUT2D eigenvalue weighted by atomic mass is 32.3. The quantitative estimate of drug-likeness (QED) is 0.285. The van der Waals surface area contributed by atoms with Crippen molar-refractivity contribution in [1.29, 1.82) is 0 Å². The Labute approximate surface area is 83.8 Å². The lowest BCUT2D eigenvalue weighted by molar-refractivity contribution is 0.275. The van der Waals surface area contributed by atoms with Crippen LogP contribution >= 0.6 is 0 Å². The predicted molar refractivity (Wildman–Crippen MR) is 44.8 cm³/mol. The molecule has 0 saturated heterocycles. The van der Waals surface area contributed by atoms with E-state index in [1.54, 1.807) is 0 Å². The minimum atomic E-state index is -4.43. The van der Waals surface area contributed by atoms with E-state index in [-0.39, 0.29) is 19.6 Å². The molecule has 0 rings (SSSR count). The van der Waals surface area contributed by atoms with Crippen LogP contribution in [-0.2, 0) is 30.1 Å². The second-order valence-corrected chi connectivity index (χ2v) is 3.55. The molecule has 1 N–H and O–H groups in total. The van der Waals surface area contributed by atoms with E-state index in [1.165, 1.54) is 0 Å². The number of hydrogen-bond donors (Lipinski definition) is 1. The minimum Gasteiger partial charge on any atom is -0.750 e. The Morgan fingerprint density at radius 3 is 2.57 bits per heavy atom. The van der Waals surface area contributed by atoms with Gasteiger partial charge < -0.3 is 4.55 Å². The maximum atomic E-state index is 9.99. The lowest BCUT2D eigenvalue weighted by atomic mass is 10.4. The zero-order valence-corrected chi connectivity index (χ0v) is 8.47. The van der Waals surface area contributed by atoms with Crippen LogP contribution in [0.1, 0.15) is 6.42 Å². The second kappa shape index (κ2) is 6.88. The van der Waals surface area contributed by atoms with Crippen LogP contribution in [0.3, 0.4) is 0 Å². The van der Waals surface area contributed by atoms with Crippen molar-refractivity contribution in [3.8, 4) is 11.8 Å². The normalized spacial score (nSPS) is 13.0. The lowest BCUT2D eigenvalue weighted by Crippen LogP contribution is -2.04. The van der Waals surface area contributed by atoms with Gasteiger partial charge in [0.25, 0.3) is 0 Å². The Balaban J connectivity index is 3.49. The predicted octanol–water partition coefficient (Wildman–Crippen LogP) is -0.990. The van der Waals surface area contributed by atoms with Gasteiger partial charge in [-0.1, -0.05) is 11.8 Å². The molecule has 0 heterocycles. The average Bonchev–Trinajstić information content (AvgIpc) is 2.00. The van der Waals surface area contributed by atoms with Crippen molar-refractivity contribution in [3.63, 3.8) is 0 Å². The average molecular weight is 243 g/mol. The molecule has 0 aliphatic carbocycles. The van der Waals surface area contributed by atoms with Crippen molar-refractivity contribution >= 4 is 21.8 Å². The van der Waals surface area contributed by atoms with E-state index in [9.17, 15) is 17.2 Å². The van der Waals surface area contributed by atoms with Gasteiger partial charge >= 0.3 is 10.4 Å². The molecule has 7 nitrogen and oxygen atoms in total. The molecule has 0 radical (unpaired) electrons. The molecule has 1 unspecified atom stereocenters. The van der Waals surface area contributed by atoms with E-state index in [0.717, 1.165) is 0 Å². The first-order chi connectivity index (χ1) is 6.42. The Morgan fingerprint density at radius 1 is 1.43 bits per heavy atom. The zero-order chi connectivity index (χ0) is 11.0. The first kappa shape index (κ1) is 13.5. The number of hydrogen-bond acceptors (Lipinski definition) is 6. The standard InChI is InChI=1S/C5H8O7S2/c6-13(7)11-4-2-1-3-5-12-14(8,9)10/h3-5H2,(H,6,7)(H,8,9,10)/p-1. The molecular formula is C5H7O7S2-. The molecule has 9 heteroatoms.